The predicted molar refractivity (Wildman–Crippen MR) is 142 cm³/mol. The maximum absolute atomic E-state index is 13.2. The normalized spacial score (nSPS) is 20.4. The summed E-state index contributed by atoms with van der Waals surface area (Å²) in [7, 11) is -3.59. The number of piperidine rings is 1. The van der Waals surface area contributed by atoms with Crippen LogP contribution in [0.4, 0.5) is 0 Å². The lowest BCUT2D eigenvalue weighted by Crippen LogP contribution is -2.53. The molecule has 0 radical (unpaired) electrons. The summed E-state index contributed by atoms with van der Waals surface area (Å²) >= 11 is 12.1. The summed E-state index contributed by atoms with van der Waals surface area (Å²) in [5.74, 6) is -0.434. The molecular weight excluding hydrogens is 505 g/mol. The van der Waals surface area contributed by atoms with E-state index in [4.69, 9.17) is 23.2 Å². The Hall–Kier alpha value is -1.90. The smallest absolute Gasteiger partial charge is 0.227 e. The Morgan fingerprint density at radius 3 is 2.46 bits per heavy atom. The molecule has 2 heterocycles. The van der Waals surface area contributed by atoms with Crippen molar-refractivity contribution in [3.63, 3.8) is 0 Å². The van der Waals surface area contributed by atoms with E-state index >= 15 is 0 Å². The third kappa shape index (κ3) is 7.08. The molecule has 0 unspecified atom stereocenters. The second kappa shape index (κ2) is 11.9. The van der Waals surface area contributed by atoms with E-state index in [1.807, 2.05) is 23.1 Å². The maximum Gasteiger partial charge on any atom is 0.227 e. The number of amides is 1. The van der Waals surface area contributed by atoms with E-state index in [9.17, 15) is 13.2 Å². The zero-order chi connectivity index (χ0) is 24.8. The molecule has 188 valence electrons. The number of piperazine rings is 1. The van der Waals surface area contributed by atoms with Gasteiger partial charge in [0.1, 0.15) is 0 Å². The predicted octanol–water partition coefficient (Wildman–Crippen LogP) is 4.39. The Labute approximate surface area is 218 Å². The zero-order valence-corrected chi connectivity index (χ0v) is 22.0. The van der Waals surface area contributed by atoms with Crippen molar-refractivity contribution < 1.29 is 13.2 Å². The van der Waals surface area contributed by atoms with Crippen molar-refractivity contribution in [1.29, 1.82) is 0 Å². The fourth-order valence-electron chi connectivity index (χ4n) is 4.63. The maximum atomic E-state index is 13.2. The molecule has 9 heteroatoms. The molecule has 0 bridgehead atoms. The second-order valence-corrected chi connectivity index (χ2v) is 11.9. The van der Waals surface area contributed by atoms with Crippen LogP contribution in [-0.2, 0) is 20.6 Å². The average Bonchev–Trinajstić information content (AvgIpc) is 2.86. The minimum atomic E-state index is -3.59. The van der Waals surface area contributed by atoms with Crippen molar-refractivity contribution >= 4 is 45.2 Å². The number of sulfonamides is 1. The van der Waals surface area contributed by atoms with Crippen LogP contribution in [0.5, 0.6) is 0 Å². The van der Waals surface area contributed by atoms with Gasteiger partial charge in [-0.15, -0.1) is 0 Å². The summed E-state index contributed by atoms with van der Waals surface area (Å²) in [5, 5.41) is 0.800. The molecule has 2 aliphatic rings. The summed E-state index contributed by atoms with van der Waals surface area (Å²) < 4.78 is 27.6. The van der Waals surface area contributed by atoms with E-state index in [1.165, 1.54) is 9.87 Å². The van der Waals surface area contributed by atoms with Gasteiger partial charge in [-0.25, -0.2) is 12.7 Å². The second-order valence-electron chi connectivity index (χ2n) is 9.13. The lowest BCUT2D eigenvalue weighted by Gasteiger charge is -2.38. The molecule has 2 aliphatic heterocycles. The quantitative estimate of drug-likeness (QED) is 0.527. The van der Waals surface area contributed by atoms with Crippen LogP contribution in [0, 0.1) is 5.92 Å². The first kappa shape index (κ1) is 26.2. The number of nitrogens with zero attached hydrogens (tertiary/aromatic N) is 3. The van der Waals surface area contributed by atoms with Gasteiger partial charge in [-0.05, 0) is 36.1 Å². The lowest BCUT2D eigenvalue weighted by molar-refractivity contribution is -0.138. The molecule has 2 aromatic rings. The van der Waals surface area contributed by atoms with Gasteiger partial charge in [0, 0.05) is 55.9 Å². The molecule has 0 aromatic heterocycles. The first-order valence-corrected chi connectivity index (χ1v) is 14.3. The topological polar surface area (TPSA) is 60.9 Å². The van der Waals surface area contributed by atoms with E-state index in [-0.39, 0.29) is 24.1 Å². The molecule has 1 atom stereocenters. The van der Waals surface area contributed by atoms with E-state index in [0.717, 1.165) is 19.6 Å². The van der Waals surface area contributed by atoms with E-state index < -0.39 is 10.0 Å². The molecule has 35 heavy (non-hydrogen) atoms. The highest BCUT2D eigenvalue weighted by Crippen LogP contribution is 2.27. The number of rotatable bonds is 7. The van der Waals surface area contributed by atoms with Gasteiger partial charge in [-0.3, -0.25) is 9.69 Å². The summed E-state index contributed by atoms with van der Waals surface area (Å²) in [6.07, 6.45) is 5.66. The Morgan fingerprint density at radius 1 is 1.00 bits per heavy atom. The molecule has 2 aromatic carbocycles. The first-order chi connectivity index (χ1) is 16.8. The van der Waals surface area contributed by atoms with Gasteiger partial charge < -0.3 is 4.90 Å². The van der Waals surface area contributed by atoms with Crippen LogP contribution in [0.25, 0.3) is 6.08 Å². The van der Waals surface area contributed by atoms with Crippen LogP contribution in [0.15, 0.2) is 54.6 Å². The van der Waals surface area contributed by atoms with Gasteiger partial charge in [0.25, 0.3) is 0 Å². The number of hydrogen-bond donors (Lipinski definition) is 0. The van der Waals surface area contributed by atoms with Crippen molar-refractivity contribution in [2.75, 3.05) is 45.8 Å². The fraction of sp³-hybridized carbons (Fsp3) is 0.423. The molecule has 0 aliphatic carbocycles. The van der Waals surface area contributed by atoms with Crippen LogP contribution in [0.2, 0.25) is 10.0 Å². The molecule has 1 amide bonds. The SMILES string of the molecule is O=C([C@@H]1CCCN(S(=O)(=O)Cc2ccc(Cl)cc2Cl)C1)N1CCN(C/C=C/c2ccccc2)CC1. The number of carbonyl (C=O) groups excluding carboxylic acids is 1. The summed E-state index contributed by atoms with van der Waals surface area (Å²) in [6, 6.07) is 15.0. The zero-order valence-electron chi connectivity index (χ0n) is 19.7. The number of carbonyl (C=O) groups is 1. The first-order valence-electron chi connectivity index (χ1n) is 12.0. The molecule has 2 saturated heterocycles. The van der Waals surface area contributed by atoms with Crippen molar-refractivity contribution in [1.82, 2.24) is 14.1 Å². The van der Waals surface area contributed by atoms with Crippen molar-refractivity contribution in [3.05, 3.63) is 75.8 Å². The number of benzene rings is 2. The van der Waals surface area contributed by atoms with E-state index in [2.05, 4.69) is 29.2 Å². The Morgan fingerprint density at radius 2 is 1.74 bits per heavy atom. The third-order valence-electron chi connectivity index (χ3n) is 6.64. The van der Waals surface area contributed by atoms with Gasteiger partial charge in [0.15, 0.2) is 0 Å². The molecule has 0 saturated carbocycles. The van der Waals surface area contributed by atoms with Gasteiger partial charge in [0.2, 0.25) is 15.9 Å². The van der Waals surface area contributed by atoms with Crippen LogP contribution >= 0.6 is 23.2 Å². The largest absolute Gasteiger partial charge is 0.340 e. The highest BCUT2D eigenvalue weighted by molar-refractivity contribution is 7.88. The van der Waals surface area contributed by atoms with Crippen LogP contribution < -0.4 is 0 Å². The minimum absolute atomic E-state index is 0.0638. The van der Waals surface area contributed by atoms with Gasteiger partial charge in [-0.2, -0.15) is 0 Å². The number of hydrogen-bond acceptors (Lipinski definition) is 4. The molecule has 4 rings (SSSR count). The molecule has 6 nitrogen and oxygen atoms in total. The monoisotopic (exact) mass is 535 g/mol. The summed E-state index contributed by atoms with van der Waals surface area (Å²) in [6.45, 7) is 4.47. The van der Waals surface area contributed by atoms with E-state index in [1.54, 1.807) is 18.2 Å². The van der Waals surface area contributed by atoms with Gasteiger partial charge in [0.05, 0.1) is 11.7 Å². The van der Waals surface area contributed by atoms with Crippen LogP contribution in [0.1, 0.15) is 24.0 Å². The van der Waals surface area contributed by atoms with Crippen molar-refractivity contribution in [3.8, 4) is 0 Å². The van der Waals surface area contributed by atoms with Crippen molar-refractivity contribution in [2.24, 2.45) is 5.92 Å². The van der Waals surface area contributed by atoms with Crippen LogP contribution in [0.3, 0.4) is 0 Å². The summed E-state index contributed by atoms with van der Waals surface area (Å²) in [5.41, 5.74) is 1.69. The Kier molecular flexibility index (Phi) is 8.89. The third-order valence-corrected chi connectivity index (χ3v) is 9.02. The molecule has 0 N–H and O–H groups in total. The minimum Gasteiger partial charge on any atom is -0.340 e. The molecule has 0 spiro atoms. The summed E-state index contributed by atoms with van der Waals surface area (Å²) in [4.78, 5) is 17.4. The molecular formula is C26H31Cl2N3O3S. The lowest BCUT2D eigenvalue weighted by atomic mass is 9.98. The standard InChI is InChI=1S/C26H31Cl2N3O3S/c27-24-11-10-23(25(28)18-24)20-35(33,34)31-13-5-9-22(19-31)26(32)30-16-14-29(15-17-30)12-4-8-21-6-2-1-3-7-21/h1-4,6-8,10-11,18,22H,5,9,12-17,19-20H2/b8-4+/t22-/m1/s1. The Bertz CT molecular complexity index is 1150. The Balaban J connectivity index is 1.28. The fourth-order valence-corrected chi connectivity index (χ4v) is 6.83. The highest BCUT2D eigenvalue weighted by atomic mass is 35.5. The molecule has 2 fully saturated rings. The van der Waals surface area contributed by atoms with Crippen LogP contribution in [-0.4, -0.2) is 74.2 Å². The van der Waals surface area contributed by atoms with Crippen molar-refractivity contribution in [2.45, 2.75) is 18.6 Å². The van der Waals surface area contributed by atoms with E-state index in [0.29, 0.717) is 48.1 Å². The van der Waals surface area contributed by atoms with Gasteiger partial charge in [-0.1, -0.05) is 71.8 Å². The highest BCUT2D eigenvalue weighted by Gasteiger charge is 2.35. The average molecular weight is 537 g/mol. The van der Waals surface area contributed by atoms with Gasteiger partial charge >= 0.3 is 0 Å². The number of halogens is 2.